The maximum Gasteiger partial charge on any atom is 0.119 e. The van der Waals surface area contributed by atoms with Crippen LogP contribution in [-0.2, 0) is 13.1 Å². The summed E-state index contributed by atoms with van der Waals surface area (Å²) in [6.07, 6.45) is 5.36. The van der Waals surface area contributed by atoms with Crippen LogP contribution < -0.4 is 4.74 Å². The molecular weight excluding hydrogens is 296 g/mol. The lowest BCUT2D eigenvalue weighted by molar-refractivity contribution is 0.269. The molecule has 0 aliphatic heterocycles. The lowest BCUT2D eigenvalue weighted by Crippen LogP contribution is -2.26. The van der Waals surface area contributed by atoms with Gasteiger partial charge in [0.05, 0.1) is 7.11 Å². The molecule has 1 aromatic carbocycles. The summed E-state index contributed by atoms with van der Waals surface area (Å²) in [6, 6.07) is 12.6. The van der Waals surface area contributed by atoms with Crippen LogP contribution in [0, 0.1) is 5.92 Å². The van der Waals surface area contributed by atoms with Crippen molar-refractivity contribution in [3.8, 4) is 5.75 Å². The third kappa shape index (κ3) is 5.57. The first kappa shape index (κ1) is 18.3. The summed E-state index contributed by atoms with van der Waals surface area (Å²) in [5, 5.41) is 0. The molecule has 0 aliphatic rings. The fraction of sp³-hybridized carbons (Fsp3) is 0.429. The van der Waals surface area contributed by atoms with Gasteiger partial charge < -0.3 is 9.30 Å². The van der Waals surface area contributed by atoms with Crippen LogP contribution in [0.25, 0.3) is 0 Å². The van der Waals surface area contributed by atoms with E-state index in [2.05, 4.69) is 60.4 Å². The SMILES string of the molecule is C=CCN(CCC(C)C)Cc1cccn1Cc1cccc(OC)c1. The lowest BCUT2D eigenvalue weighted by atomic mass is 10.1. The normalized spacial score (nSPS) is 11.2. The maximum atomic E-state index is 5.33. The van der Waals surface area contributed by atoms with Crippen molar-refractivity contribution >= 4 is 0 Å². The minimum absolute atomic E-state index is 0.723. The van der Waals surface area contributed by atoms with Crippen molar-refractivity contribution in [1.29, 1.82) is 0 Å². The van der Waals surface area contributed by atoms with Gasteiger partial charge in [0.1, 0.15) is 5.75 Å². The number of hydrogen-bond donors (Lipinski definition) is 0. The minimum atomic E-state index is 0.723. The van der Waals surface area contributed by atoms with Gasteiger partial charge in [0, 0.05) is 31.5 Å². The number of aromatic nitrogens is 1. The fourth-order valence-electron chi connectivity index (χ4n) is 2.80. The van der Waals surface area contributed by atoms with Gasteiger partial charge in [0.25, 0.3) is 0 Å². The van der Waals surface area contributed by atoms with E-state index >= 15 is 0 Å². The summed E-state index contributed by atoms with van der Waals surface area (Å²) in [5.41, 5.74) is 2.59. The Morgan fingerprint density at radius 1 is 1.25 bits per heavy atom. The van der Waals surface area contributed by atoms with Crippen LogP contribution in [0.1, 0.15) is 31.5 Å². The summed E-state index contributed by atoms with van der Waals surface area (Å²) >= 11 is 0. The van der Waals surface area contributed by atoms with Crippen molar-refractivity contribution in [1.82, 2.24) is 9.47 Å². The molecule has 0 atom stereocenters. The predicted molar refractivity (Wildman–Crippen MR) is 101 cm³/mol. The van der Waals surface area contributed by atoms with Gasteiger partial charge in [-0.25, -0.2) is 0 Å². The molecule has 0 bridgehead atoms. The topological polar surface area (TPSA) is 17.4 Å². The van der Waals surface area contributed by atoms with Crippen molar-refractivity contribution in [2.75, 3.05) is 20.2 Å². The van der Waals surface area contributed by atoms with E-state index in [1.165, 1.54) is 17.7 Å². The van der Waals surface area contributed by atoms with E-state index in [4.69, 9.17) is 4.74 Å². The van der Waals surface area contributed by atoms with Crippen molar-refractivity contribution in [3.63, 3.8) is 0 Å². The van der Waals surface area contributed by atoms with Gasteiger partial charge in [-0.15, -0.1) is 6.58 Å². The average Bonchev–Trinajstić information content (AvgIpc) is 3.00. The summed E-state index contributed by atoms with van der Waals surface area (Å²) in [7, 11) is 1.71. The average molecular weight is 326 g/mol. The second-order valence-corrected chi connectivity index (χ2v) is 6.69. The van der Waals surface area contributed by atoms with E-state index in [0.29, 0.717) is 0 Å². The fourth-order valence-corrected chi connectivity index (χ4v) is 2.80. The zero-order valence-corrected chi connectivity index (χ0v) is 15.2. The largest absolute Gasteiger partial charge is 0.497 e. The molecule has 3 nitrogen and oxygen atoms in total. The van der Waals surface area contributed by atoms with Gasteiger partial charge in [-0.1, -0.05) is 32.1 Å². The minimum Gasteiger partial charge on any atom is -0.497 e. The Morgan fingerprint density at radius 3 is 2.79 bits per heavy atom. The van der Waals surface area contributed by atoms with E-state index < -0.39 is 0 Å². The Bertz CT molecular complexity index is 630. The van der Waals surface area contributed by atoms with Crippen molar-refractivity contribution in [2.45, 2.75) is 33.4 Å². The van der Waals surface area contributed by atoms with E-state index in [9.17, 15) is 0 Å². The smallest absolute Gasteiger partial charge is 0.119 e. The van der Waals surface area contributed by atoms with Crippen LogP contribution in [0.5, 0.6) is 5.75 Å². The molecule has 2 aromatic rings. The molecule has 2 rings (SSSR count). The Kier molecular flexibility index (Phi) is 7.13. The number of hydrogen-bond acceptors (Lipinski definition) is 2. The summed E-state index contributed by atoms with van der Waals surface area (Å²) < 4.78 is 7.65. The van der Waals surface area contributed by atoms with Crippen LogP contribution in [0.15, 0.2) is 55.3 Å². The summed E-state index contributed by atoms with van der Waals surface area (Å²) in [4.78, 5) is 2.46. The summed E-state index contributed by atoms with van der Waals surface area (Å²) in [6.45, 7) is 12.3. The third-order valence-corrected chi connectivity index (χ3v) is 4.21. The molecule has 0 aliphatic carbocycles. The van der Waals surface area contributed by atoms with Gasteiger partial charge in [-0.3, -0.25) is 4.90 Å². The Morgan fingerprint density at radius 2 is 2.08 bits per heavy atom. The van der Waals surface area contributed by atoms with Crippen molar-refractivity contribution in [3.05, 3.63) is 66.5 Å². The zero-order valence-electron chi connectivity index (χ0n) is 15.2. The van der Waals surface area contributed by atoms with E-state index in [1.807, 2.05) is 18.2 Å². The van der Waals surface area contributed by atoms with Crippen LogP contribution in [0.4, 0.5) is 0 Å². The molecule has 0 fully saturated rings. The molecule has 1 heterocycles. The molecule has 0 radical (unpaired) electrons. The molecular formula is C21H30N2O. The predicted octanol–water partition coefficient (Wildman–Crippen LogP) is 4.58. The highest BCUT2D eigenvalue weighted by atomic mass is 16.5. The van der Waals surface area contributed by atoms with E-state index in [-0.39, 0.29) is 0 Å². The molecule has 0 saturated carbocycles. The Labute approximate surface area is 146 Å². The number of rotatable bonds is 10. The molecule has 0 saturated heterocycles. The van der Waals surface area contributed by atoms with Gasteiger partial charge in [0.15, 0.2) is 0 Å². The second kappa shape index (κ2) is 9.33. The van der Waals surface area contributed by atoms with Gasteiger partial charge in [-0.05, 0) is 48.7 Å². The highest BCUT2D eigenvalue weighted by Crippen LogP contribution is 2.16. The Hall–Kier alpha value is -2.00. The standard InChI is InChI=1S/C21H30N2O/c1-5-12-22(14-11-18(2)3)17-20-9-7-13-23(20)16-19-8-6-10-21(15-19)24-4/h5-10,13,15,18H,1,11-12,14,16-17H2,2-4H3. The van der Waals surface area contributed by atoms with Crippen LogP contribution in [0.2, 0.25) is 0 Å². The number of benzene rings is 1. The van der Waals surface area contributed by atoms with Gasteiger partial charge in [-0.2, -0.15) is 0 Å². The molecule has 0 N–H and O–H groups in total. The Balaban J connectivity index is 2.06. The molecule has 1 aromatic heterocycles. The number of methoxy groups -OCH3 is 1. The first-order chi connectivity index (χ1) is 11.6. The maximum absolute atomic E-state index is 5.33. The zero-order chi connectivity index (χ0) is 17.4. The summed E-state index contributed by atoms with van der Waals surface area (Å²) in [5.74, 6) is 1.63. The quantitative estimate of drug-likeness (QED) is 0.595. The molecule has 130 valence electrons. The van der Waals surface area contributed by atoms with E-state index in [1.54, 1.807) is 7.11 Å². The first-order valence-electron chi connectivity index (χ1n) is 8.72. The highest BCUT2D eigenvalue weighted by molar-refractivity contribution is 5.29. The van der Waals surface area contributed by atoms with E-state index in [0.717, 1.165) is 37.8 Å². The lowest BCUT2D eigenvalue weighted by Gasteiger charge is -2.22. The van der Waals surface area contributed by atoms with Crippen molar-refractivity contribution < 1.29 is 4.74 Å². The first-order valence-corrected chi connectivity index (χ1v) is 8.72. The number of ether oxygens (including phenoxy) is 1. The molecule has 3 heteroatoms. The van der Waals surface area contributed by atoms with Crippen LogP contribution in [0.3, 0.4) is 0 Å². The van der Waals surface area contributed by atoms with Crippen molar-refractivity contribution in [2.24, 2.45) is 5.92 Å². The van der Waals surface area contributed by atoms with Crippen LogP contribution in [-0.4, -0.2) is 29.7 Å². The second-order valence-electron chi connectivity index (χ2n) is 6.69. The highest BCUT2D eigenvalue weighted by Gasteiger charge is 2.09. The van der Waals surface area contributed by atoms with Gasteiger partial charge in [0.2, 0.25) is 0 Å². The molecule has 0 unspecified atom stereocenters. The monoisotopic (exact) mass is 326 g/mol. The third-order valence-electron chi connectivity index (χ3n) is 4.21. The molecule has 0 spiro atoms. The van der Waals surface area contributed by atoms with Gasteiger partial charge >= 0.3 is 0 Å². The number of nitrogens with zero attached hydrogens (tertiary/aromatic N) is 2. The molecule has 0 amide bonds. The van der Waals surface area contributed by atoms with Crippen LogP contribution >= 0.6 is 0 Å². The molecule has 24 heavy (non-hydrogen) atoms.